The van der Waals surface area contributed by atoms with Crippen molar-refractivity contribution in [3.8, 4) is 6.07 Å². The SMILES string of the molecule is CC(C)c1nnc2sc(CCC(=O)Nc3ccccc3C#N)nn12. The highest BCUT2D eigenvalue weighted by Gasteiger charge is 2.15. The van der Waals surface area contributed by atoms with E-state index in [4.69, 9.17) is 5.26 Å². The van der Waals surface area contributed by atoms with Crippen molar-refractivity contribution in [1.82, 2.24) is 19.8 Å². The number of nitrogens with one attached hydrogen (secondary N) is 1. The van der Waals surface area contributed by atoms with E-state index in [1.165, 1.54) is 11.3 Å². The maximum absolute atomic E-state index is 12.1. The molecule has 1 amide bonds. The molecular weight excluding hydrogens is 324 g/mol. The number of nitriles is 1. The summed E-state index contributed by atoms with van der Waals surface area (Å²) in [5, 5.41) is 25.4. The van der Waals surface area contributed by atoms with Crippen LogP contribution in [0, 0.1) is 11.3 Å². The van der Waals surface area contributed by atoms with Crippen LogP contribution < -0.4 is 5.32 Å². The van der Waals surface area contributed by atoms with Gasteiger partial charge in [-0.1, -0.05) is 37.3 Å². The summed E-state index contributed by atoms with van der Waals surface area (Å²) in [5.74, 6) is 0.911. The van der Waals surface area contributed by atoms with Gasteiger partial charge in [-0.15, -0.1) is 10.2 Å². The molecule has 1 aromatic carbocycles. The number of fused-ring (bicyclic) bond motifs is 1. The second kappa shape index (κ2) is 6.76. The van der Waals surface area contributed by atoms with E-state index in [-0.39, 0.29) is 11.8 Å². The van der Waals surface area contributed by atoms with Gasteiger partial charge >= 0.3 is 0 Å². The molecule has 0 fully saturated rings. The van der Waals surface area contributed by atoms with Gasteiger partial charge in [-0.3, -0.25) is 4.79 Å². The van der Waals surface area contributed by atoms with Gasteiger partial charge in [0, 0.05) is 18.8 Å². The fraction of sp³-hybridized carbons (Fsp3) is 0.312. The summed E-state index contributed by atoms with van der Waals surface area (Å²) in [6, 6.07) is 9.00. The molecule has 0 spiro atoms. The fourth-order valence-corrected chi connectivity index (χ4v) is 3.10. The lowest BCUT2D eigenvalue weighted by atomic mass is 10.2. The Bertz CT molecular complexity index is 920. The van der Waals surface area contributed by atoms with Crippen LogP contribution in [0.2, 0.25) is 0 Å². The third-order valence-corrected chi connectivity index (χ3v) is 4.42. The summed E-state index contributed by atoms with van der Waals surface area (Å²) in [6.07, 6.45) is 0.812. The van der Waals surface area contributed by atoms with E-state index in [0.717, 1.165) is 15.8 Å². The Morgan fingerprint density at radius 1 is 1.38 bits per heavy atom. The molecule has 0 saturated heterocycles. The normalized spacial score (nSPS) is 10.9. The molecule has 2 heterocycles. The molecule has 0 unspecified atom stereocenters. The van der Waals surface area contributed by atoms with Crippen molar-refractivity contribution in [2.24, 2.45) is 0 Å². The van der Waals surface area contributed by atoms with E-state index < -0.39 is 0 Å². The second-order valence-corrected chi connectivity index (χ2v) is 6.65. The Hall–Kier alpha value is -2.79. The summed E-state index contributed by atoms with van der Waals surface area (Å²) in [6.45, 7) is 4.07. The van der Waals surface area contributed by atoms with Crippen molar-refractivity contribution in [2.45, 2.75) is 32.6 Å². The Morgan fingerprint density at radius 2 is 2.17 bits per heavy atom. The minimum atomic E-state index is -0.146. The molecule has 1 N–H and O–H groups in total. The van der Waals surface area contributed by atoms with Crippen LogP contribution in [0.3, 0.4) is 0 Å². The summed E-state index contributed by atoms with van der Waals surface area (Å²) in [4.78, 5) is 12.8. The van der Waals surface area contributed by atoms with Crippen molar-refractivity contribution in [2.75, 3.05) is 5.32 Å². The number of hydrogen-bond donors (Lipinski definition) is 1. The lowest BCUT2D eigenvalue weighted by Crippen LogP contribution is -2.13. The Kier molecular flexibility index (Phi) is 4.53. The number of rotatable bonds is 5. The van der Waals surface area contributed by atoms with Gasteiger partial charge in [-0.25, -0.2) is 0 Å². The zero-order valence-corrected chi connectivity index (χ0v) is 14.2. The molecule has 0 radical (unpaired) electrons. The predicted molar refractivity (Wildman–Crippen MR) is 90.9 cm³/mol. The van der Waals surface area contributed by atoms with Crippen molar-refractivity contribution in [3.05, 3.63) is 40.7 Å². The van der Waals surface area contributed by atoms with Crippen LogP contribution in [0.5, 0.6) is 0 Å². The molecule has 0 aliphatic rings. The van der Waals surface area contributed by atoms with Gasteiger partial charge < -0.3 is 5.32 Å². The number of carbonyl (C=O) groups is 1. The van der Waals surface area contributed by atoms with Gasteiger partial charge in [0.15, 0.2) is 5.82 Å². The Labute approximate surface area is 143 Å². The zero-order valence-electron chi connectivity index (χ0n) is 13.4. The summed E-state index contributed by atoms with van der Waals surface area (Å²) in [7, 11) is 0. The third kappa shape index (κ3) is 3.26. The quantitative estimate of drug-likeness (QED) is 0.770. The van der Waals surface area contributed by atoms with Gasteiger partial charge in [0.25, 0.3) is 0 Å². The van der Waals surface area contributed by atoms with Crippen LogP contribution >= 0.6 is 11.3 Å². The molecule has 0 bridgehead atoms. The molecule has 8 heteroatoms. The fourth-order valence-electron chi connectivity index (χ4n) is 2.26. The standard InChI is InChI=1S/C16H16N6OS/c1-10(2)15-19-20-16-22(15)21-14(24-16)8-7-13(23)18-12-6-4-3-5-11(12)9-17/h3-6,10H,7-8H2,1-2H3,(H,18,23). The van der Waals surface area contributed by atoms with Crippen LogP contribution in [-0.4, -0.2) is 25.7 Å². The highest BCUT2D eigenvalue weighted by Crippen LogP contribution is 2.20. The number of anilines is 1. The first-order valence-electron chi connectivity index (χ1n) is 7.58. The molecule has 0 aliphatic carbocycles. The number of aryl methyl sites for hydroxylation is 1. The molecule has 7 nitrogen and oxygen atoms in total. The first-order valence-corrected chi connectivity index (χ1v) is 8.40. The van der Waals surface area contributed by atoms with Crippen molar-refractivity contribution in [1.29, 1.82) is 5.26 Å². The molecule has 2 aromatic heterocycles. The summed E-state index contributed by atoms with van der Waals surface area (Å²) < 4.78 is 1.74. The van der Waals surface area contributed by atoms with Gasteiger partial charge in [-0.2, -0.15) is 14.9 Å². The largest absolute Gasteiger partial charge is 0.325 e. The zero-order chi connectivity index (χ0) is 17.1. The lowest BCUT2D eigenvalue weighted by molar-refractivity contribution is -0.116. The van der Waals surface area contributed by atoms with E-state index in [1.54, 1.807) is 28.8 Å². The third-order valence-electron chi connectivity index (χ3n) is 3.46. The van der Waals surface area contributed by atoms with Gasteiger partial charge in [0.2, 0.25) is 10.9 Å². The number of para-hydroxylation sites is 1. The van der Waals surface area contributed by atoms with E-state index in [0.29, 0.717) is 24.1 Å². The average Bonchev–Trinajstić information content (AvgIpc) is 3.13. The molecule has 0 saturated carbocycles. The number of aromatic nitrogens is 4. The van der Waals surface area contributed by atoms with E-state index in [1.807, 2.05) is 13.8 Å². The molecule has 3 aromatic rings. The number of carbonyl (C=O) groups excluding carboxylic acids is 1. The summed E-state index contributed by atoms with van der Waals surface area (Å²) >= 11 is 1.44. The maximum atomic E-state index is 12.1. The lowest BCUT2D eigenvalue weighted by Gasteiger charge is -2.05. The Balaban J connectivity index is 1.65. The minimum absolute atomic E-state index is 0.146. The minimum Gasteiger partial charge on any atom is -0.325 e. The van der Waals surface area contributed by atoms with Crippen LogP contribution in [0.4, 0.5) is 5.69 Å². The first kappa shape index (κ1) is 16.1. The number of benzene rings is 1. The van der Waals surface area contributed by atoms with Gasteiger partial charge in [0.1, 0.15) is 11.1 Å². The first-order chi connectivity index (χ1) is 11.6. The van der Waals surface area contributed by atoms with E-state index >= 15 is 0 Å². The highest BCUT2D eigenvalue weighted by molar-refractivity contribution is 7.16. The molecule has 24 heavy (non-hydrogen) atoms. The highest BCUT2D eigenvalue weighted by atomic mass is 32.1. The van der Waals surface area contributed by atoms with Crippen LogP contribution in [0.25, 0.3) is 4.96 Å². The molecule has 122 valence electrons. The Morgan fingerprint density at radius 3 is 2.92 bits per heavy atom. The van der Waals surface area contributed by atoms with Crippen molar-refractivity contribution in [3.63, 3.8) is 0 Å². The number of amides is 1. The molecule has 0 aliphatic heterocycles. The molecule has 0 atom stereocenters. The summed E-state index contributed by atoms with van der Waals surface area (Å²) in [5.41, 5.74) is 0.983. The average molecular weight is 340 g/mol. The molecular formula is C16H16N6OS. The van der Waals surface area contributed by atoms with Crippen LogP contribution in [0.1, 0.15) is 42.6 Å². The van der Waals surface area contributed by atoms with Crippen LogP contribution in [-0.2, 0) is 11.2 Å². The van der Waals surface area contributed by atoms with Crippen molar-refractivity contribution >= 4 is 27.9 Å². The van der Waals surface area contributed by atoms with Gasteiger partial charge in [0.05, 0.1) is 11.3 Å². The second-order valence-electron chi connectivity index (χ2n) is 5.61. The van der Waals surface area contributed by atoms with Crippen molar-refractivity contribution < 1.29 is 4.79 Å². The van der Waals surface area contributed by atoms with E-state index in [2.05, 4.69) is 26.7 Å². The topological polar surface area (TPSA) is 96.0 Å². The number of hydrogen-bond acceptors (Lipinski definition) is 6. The number of nitrogens with zero attached hydrogens (tertiary/aromatic N) is 5. The monoisotopic (exact) mass is 340 g/mol. The van der Waals surface area contributed by atoms with E-state index in [9.17, 15) is 4.79 Å². The molecule has 3 rings (SSSR count). The van der Waals surface area contributed by atoms with Gasteiger partial charge in [-0.05, 0) is 12.1 Å². The smallest absolute Gasteiger partial charge is 0.234 e. The predicted octanol–water partition coefficient (Wildman–Crippen LogP) is 2.75. The maximum Gasteiger partial charge on any atom is 0.234 e. The van der Waals surface area contributed by atoms with Crippen LogP contribution in [0.15, 0.2) is 24.3 Å².